The van der Waals surface area contributed by atoms with Gasteiger partial charge in [0, 0.05) is 24.9 Å². The Kier molecular flexibility index (Phi) is 4.90. The van der Waals surface area contributed by atoms with Crippen LogP contribution in [0.4, 0.5) is 0 Å². The van der Waals surface area contributed by atoms with E-state index in [1.165, 1.54) is 4.90 Å². The quantitative estimate of drug-likeness (QED) is 0.895. The molecule has 1 aromatic carbocycles. The molecule has 24 heavy (non-hydrogen) atoms. The van der Waals surface area contributed by atoms with Gasteiger partial charge in [0.2, 0.25) is 5.91 Å². The maximum absolute atomic E-state index is 12.3. The van der Waals surface area contributed by atoms with E-state index in [0.29, 0.717) is 24.7 Å². The molecule has 1 atom stereocenters. The van der Waals surface area contributed by atoms with E-state index < -0.39 is 12.0 Å². The van der Waals surface area contributed by atoms with Gasteiger partial charge in [0.1, 0.15) is 0 Å². The molecule has 0 spiro atoms. The lowest BCUT2D eigenvalue weighted by atomic mass is 10.2. The number of rotatable bonds is 5. The Morgan fingerprint density at radius 3 is 2.83 bits per heavy atom. The minimum absolute atomic E-state index is 0.0260. The van der Waals surface area contributed by atoms with Crippen molar-refractivity contribution in [3.05, 3.63) is 42.4 Å². The number of carboxylic acid groups (broad SMARTS) is 1. The maximum atomic E-state index is 12.3. The molecule has 0 radical (unpaired) electrons. The van der Waals surface area contributed by atoms with E-state index in [1.54, 1.807) is 6.20 Å². The van der Waals surface area contributed by atoms with E-state index in [-0.39, 0.29) is 25.5 Å². The van der Waals surface area contributed by atoms with Gasteiger partial charge in [0.25, 0.3) is 0 Å². The standard InChI is InChI=1S/C17H18N2O5/c20-16(19-8-9-23-11-13(19)17(21)22)7-6-15-18-10-14(24-15)12-4-2-1-3-5-12/h1-5,10,13H,6-9,11H2,(H,21,22). The molecule has 1 aliphatic rings. The van der Waals surface area contributed by atoms with Crippen LogP contribution in [0.25, 0.3) is 11.3 Å². The smallest absolute Gasteiger partial charge is 0.328 e. The summed E-state index contributed by atoms with van der Waals surface area (Å²) in [6.45, 7) is 0.668. The zero-order chi connectivity index (χ0) is 16.9. The van der Waals surface area contributed by atoms with Crippen LogP contribution in [-0.4, -0.2) is 52.7 Å². The predicted molar refractivity (Wildman–Crippen MR) is 84.2 cm³/mol. The second kappa shape index (κ2) is 7.27. The molecule has 1 fully saturated rings. The Morgan fingerprint density at radius 1 is 1.29 bits per heavy atom. The van der Waals surface area contributed by atoms with Crippen molar-refractivity contribution in [2.24, 2.45) is 0 Å². The molecule has 2 aromatic rings. The summed E-state index contributed by atoms with van der Waals surface area (Å²) in [5.74, 6) is -0.175. The number of aryl methyl sites for hydroxylation is 1. The van der Waals surface area contributed by atoms with Crippen LogP contribution in [0.5, 0.6) is 0 Å². The summed E-state index contributed by atoms with van der Waals surface area (Å²) in [6.07, 6.45) is 2.11. The first-order valence-electron chi connectivity index (χ1n) is 7.75. The third-order valence-corrected chi connectivity index (χ3v) is 3.90. The van der Waals surface area contributed by atoms with Gasteiger partial charge in [-0.05, 0) is 0 Å². The Labute approximate surface area is 138 Å². The number of nitrogens with zero attached hydrogens (tertiary/aromatic N) is 2. The van der Waals surface area contributed by atoms with Crippen LogP contribution >= 0.6 is 0 Å². The summed E-state index contributed by atoms with van der Waals surface area (Å²) in [6, 6.07) is 8.65. The van der Waals surface area contributed by atoms with Gasteiger partial charge in [-0.25, -0.2) is 9.78 Å². The van der Waals surface area contributed by atoms with E-state index in [0.717, 1.165) is 5.56 Å². The second-order valence-corrected chi connectivity index (χ2v) is 5.50. The zero-order valence-electron chi connectivity index (χ0n) is 13.1. The molecule has 1 N–H and O–H groups in total. The molecule has 7 heteroatoms. The van der Waals surface area contributed by atoms with Crippen molar-refractivity contribution in [2.45, 2.75) is 18.9 Å². The highest BCUT2D eigenvalue weighted by atomic mass is 16.5. The van der Waals surface area contributed by atoms with Crippen LogP contribution in [-0.2, 0) is 20.7 Å². The van der Waals surface area contributed by atoms with Crippen molar-refractivity contribution in [3.63, 3.8) is 0 Å². The minimum Gasteiger partial charge on any atom is -0.480 e. The predicted octanol–water partition coefficient (Wildman–Crippen LogP) is 1.59. The fraction of sp³-hybridized carbons (Fsp3) is 0.353. The molecule has 3 rings (SSSR count). The number of aliphatic carboxylic acids is 1. The number of carbonyl (C=O) groups is 2. The third-order valence-electron chi connectivity index (χ3n) is 3.90. The number of morpholine rings is 1. The lowest BCUT2D eigenvalue weighted by molar-refractivity contribution is -0.158. The average molecular weight is 330 g/mol. The van der Waals surface area contributed by atoms with Crippen LogP contribution in [0.1, 0.15) is 12.3 Å². The first kappa shape index (κ1) is 16.2. The maximum Gasteiger partial charge on any atom is 0.328 e. The van der Waals surface area contributed by atoms with E-state index in [4.69, 9.17) is 14.3 Å². The number of carbonyl (C=O) groups excluding carboxylic acids is 1. The van der Waals surface area contributed by atoms with E-state index in [1.807, 2.05) is 30.3 Å². The molecule has 0 aliphatic carbocycles. The number of aromatic nitrogens is 1. The fourth-order valence-corrected chi connectivity index (χ4v) is 2.63. The lowest BCUT2D eigenvalue weighted by Gasteiger charge is -2.32. The first-order chi connectivity index (χ1) is 11.6. The molecule has 1 saturated heterocycles. The summed E-state index contributed by atoms with van der Waals surface area (Å²) >= 11 is 0. The van der Waals surface area contributed by atoms with Crippen molar-refractivity contribution in [2.75, 3.05) is 19.8 Å². The highest BCUT2D eigenvalue weighted by molar-refractivity contribution is 5.84. The number of hydrogen-bond donors (Lipinski definition) is 1. The Balaban J connectivity index is 1.60. The molecule has 7 nitrogen and oxygen atoms in total. The van der Waals surface area contributed by atoms with Gasteiger partial charge in [-0.3, -0.25) is 4.79 Å². The van der Waals surface area contributed by atoms with Gasteiger partial charge in [-0.1, -0.05) is 30.3 Å². The van der Waals surface area contributed by atoms with Gasteiger partial charge in [-0.15, -0.1) is 0 Å². The molecule has 126 valence electrons. The second-order valence-electron chi connectivity index (χ2n) is 5.50. The Hall–Kier alpha value is -2.67. The molecular formula is C17H18N2O5. The Morgan fingerprint density at radius 2 is 2.08 bits per heavy atom. The van der Waals surface area contributed by atoms with Crippen molar-refractivity contribution >= 4 is 11.9 Å². The number of ether oxygens (including phenoxy) is 1. The van der Waals surface area contributed by atoms with Gasteiger partial charge in [-0.2, -0.15) is 0 Å². The summed E-state index contributed by atoms with van der Waals surface area (Å²) in [5, 5.41) is 9.17. The molecule has 2 heterocycles. The summed E-state index contributed by atoms with van der Waals surface area (Å²) in [4.78, 5) is 29.0. The van der Waals surface area contributed by atoms with Gasteiger partial charge in [0.15, 0.2) is 17.7 Å². The topological polar surface area (TPSA) is 92.9 Å². The number of amides is 1. The van der Waals surface area contributed by atoms with Crippen molar-refractivity contribution in [1.82, 2.24) is 9.88 Å². The number of oxazole rings is 1. The van der Waals surface area contributed by atoms with E-state index in [9.17, 15) is 9.59 Å². The first-order valence-corrected chi connectivity index (χ1v) is 7.75. The van der Waals surface area contributed by atoms with Gasteiger partial charge >= 0.3 is 5.97 Å². The molecule has 1 amide bonds. The Bertz CT molecular complexity index is 713. The van der Waals surface area contributed by atoms with E-state index in [2.05, 4.69) is 4.98 Å². The molecule has 1 aromatic heterocycles. The summed E-state index contributed by atoms with van der Waals surface area (Å²) in [5.41, 5.74) is 0.918. The van der Waals surface area contributed by atoms with Crippen LogP contribution in [0.15, 0.2) is 40.9 Å². The summed E-state index contributed by atoms with van der Waals surface area (Å²) < 4.78 is 10.8. The fourth-order valence-electron chi connectivity index (χ4n) is 2.63. The summed E-state index contributed by atoms with van der Waals surface area (Å²) in [7, 11) is 0. The van der Waals surface area contributed by atoms with Crippen molar-refractivity contribution < 1.29 is 23.8 Å². The lowest BCUT2D eigenvalue weighted by Crippen LogP contribution is -2.52. The number of carboxylic acids is 1. The molecular weight excluding hydrogens is 312 g/mol. The van der Waals surface area contributed by atoms with Crippen molar-refractivity contribution in [3.8, 4) is 11.3 Å². The highest BCUT2D eigenvalue weighted by Crippen LogP contribution is 2.20. The highest BCUT2D eigenvalue weighted by Gasteiger charge is 2.32. The molecule has 1 unspecified atom stereocenters. The third kappa shape index (κ3) is 3.62. The van der Waals surface area contributed by atoms with Crippen LogP contribution in [0, 0.1) is 0 Å². The monoisotopic (exact) mass is 330 g/mol. The van der Waals surface area contributed by atoms with Crippen molar-refractivity contribution in [1.29, 1.82) is 0 Å². The molecule has 0 saturated carbocycles. The van der Waals surface area contributed by atoms with Crippen LogP contribution < -0.4 is 0 Å². The van der Waals surface area contributed by atoms with Crippen LogP contribution in [0.2, 0.25) is 0 Å². The van der Waals surface area contributed by atoms with E-state index >= 15 is 0 Å². The normalized spacial score (nSPS) is 17.7. The number of benzene rings is 1. The zero-order valence-corrected chi connectivity index (χ0v) is 13.1. The molecule has 1 aliphatic heterocycles. The largest absolute Gasteiger partial charge is 0.480 e. The average Bonchev–Trinajstić information content (AvgIpc) is 3.09. The van der Waals surface area contributed by atoms with Crippen LogP contribution in [0.3, 0.4) is 0 Å². The van der Waals surface area contributed by atoms with Gasteiger partial charge in [0.05, 0.1) is 19.4 Å². The SMILES string of the molecule is O=C(O)C1COCCN1C(=O)CCc1ncc(-c2ccccc2)o1. The number of hydrogen-bond acceptors (Lipinski definition) is 5. The minimum atomic E-state index is -1.05. The van der Waals surface area contributed by atoms with Gasteiger partial charge < -0.3 is 19.2 Å². The molecule has 0 bridgehead atoms.